The van der Waals surface area contributed by atoms with Crippen molar-refractivity contribution in [2.45, 2.75) is 51.0 Å². The van der Waals surface area contributed by atoms with E-state index < -0.39 is 0 Å². The second-order valence-electron chi connectivity index (χ2n) is 9.26. The van der Waals surface area contributed by atoms with Gasteiger partial charge in [-0.15, -0.1) is 0 Å². The van der Waals surface area contributed by atoms with Gasteiger partial charge in [0, 0.05) is 68.0 Å². The normalized spacial score (nSPS) is 21.3. The van der Waals surface area contributed by atoms with Gasteiger partial charge in [0.2, 0.25) is 0 Å². The number of allylic oxidation sites excluding steroid dienone is 3. The first-order valence-electron chi connectivity index (χ1n) is 13.0. The Morgan fingerprint density at radius 2 is 1.94 bits per heavy atom. The molecule has 2 aliphatic rings. The van der Waals surface area contributed by atoms with Crippen LogP contribution in [-0.4, -0.2) is 67.7 Å². The molecular weight excluding hydrogens is 468 g/mol. The second kappa shape index (κ2) is 14.9. The molecule has 36 heavy (non-hydrogen) atoms. The zero-order chi connectivity index (χ0) is 25.8. The number of rotatable bonds is 5. The lowest BCUT2D eigenvalue weighted by molar-refractivity contribution is -0.110. The number of benzene rings is 1. The highest BCUT2D eigenvalue weighted by atomic mass is 32.2. The molecule has 1 aromatic heterocycles. The summed E-state index contributed by atoms with van der Waals surface area (Å²) in [5.41, 5.74) is 3.57. The molecule has 1 unspecified atom stereocenters. The molecule has 0 bridgehead atoms. The van der Waals surface area contributed by atoms with Gasteiger partial charge in [-0.25, -0.2) is 4.31 Å². The largest absolute Gasteiger partial charge is 0.375 e. The zero-order valence-electron chi connectivity index (χ0n) is 22.2. The van der Waals surface area contributed by atoms with Crippen LogP contribution in [0, 0.1) is 6.92 Å². The zero-order valence-corrected chi connectivity index (χ0v) is 23.0. The molecule has 7 nitrogen and oxygen atoms in total. The number of carbonyl (C=O) groups excluding carboxylic acids is 1. The first-order valence-corrected chi connectivity index (χ1v) is 13.8. The Morgan fingerprint density at radius 1 is 1.14 bits per heavy atom. The average Bonchev–Trinajstić information content (AvgIpc) is 3.22. The van der Waals surface area contributed by atoms with Crippen molar-refractivity contribution in [1.29, 1.82) is 0 Å². The predicted molar refractivity (Wildman–Crippen MR) is 154 cm³/mol. The van der Waals surface area contributed by atoms with Crippen molar-refractivity contribution < 1.29 is 4.79 Å². The Kier molecular flexibility index (Phi) is 11.6. The van der Waals surface area contributed by atoms with Crippen molar-refractivity contribution in [1.82, 2.24) is 24.8 Å². The second-order valence-corrected chi connectivity index (χ2v) is 10.4. The van der Waals surface area contributed by atoms with Gasteiger partial charge >= 0.3 is 0 Å². The van der Waals surface area contributed by atoms with E-state index in [1.807, 2.05) is 38.2 Å². The number of carbonyl (C=O) groups is 1. The van der Waals surface area contributed by atoms with E-state index in [0.717, 1.165) is 43.8 Å². The number of aromatic nitrogens is 1. The maximum absolute atomic E-state index is 11.1. The summed E-state index contributed by atoms with van der Waals surface area (Å²) in [5.74, 6) is 1.07. The first kappa shape index (κ1) is 28.0. The third-order valence-corrected chi connectivity index (χ3v) is 7.48. The number of hydrogen-bond donors (Lipinski definition) is 3. The number of fused-ring (bicyclic) bond motifs is 1. The van der Waals surface area contributed by atoms with Gasteiger partial charge in [-0.1, -0.05) is 12.5 Å². The van der Waals surface area contributed by atoms with Gasteiger partial charge in [-0.2, -0.15) is 0 Å². The maximum Gasteiger partial charge on any atom is 0.142 e. The molecule has 2 aliphatic heterocycles. The minimum absolute atomic E-state index is 0.109. The summed E-state index contributed by atoms with van der Waals surface area (Å²) >= 11 is 1.87. The van der Waals surface area contributed by atoms with Gasteiger partial charge in [-0.3, -0.25) is 4.99 Å². The third kappa shape index (κ3) is 8.25. The molecule has 0 spiro atoms. The molecule has 3 N–H and O–H groups in total. The number of piperidine rings is 1. The molecule has 4 rings (SSSR count). The van der Waals surface area contributed by atoms with E-state index >= 15 is 0 Å². The summed E-state index contributed by atoms with van der Waals surface area (Å²) in [7, 11) is 1.92. The van der Waals surface area contributed by atoms with Crippen molar-refractivity contribution in [3.63, 3.8) is 0 Å². The van der Waals surface area contributed by atoms with E-state index in [-0.39, 0.29) is 6.04 Å². The standard InChI is InChI=1S/C17H22N2OS.C11H20N4/c1-13-11-19(14(2)12-20)17-7-6-15(10-16(13)17)21-18-8-4-3-5-9-18;1-10-4-3-5-13-6-7-14-8-9-15-11(10)12-2/h6-7,10-12,14H,3-5,8-9H2,1-2H3;3-5,12,14-15H,6-9H2,1-2H3/b;4-3-,11-10-,13-5?. The topological polar surface area (TPSA) is 73.7 Å². The molecule has 3 heterocycles. The molecule has 1 saturated heterocycles. The van der Waals surface area contributed by atoms with Crippen molar-refractivity contribution >= 4 is 35.4 Å². The lowest BCUT2D eigenvalue weighted by Gasteiger charge is -2.25. The van der Waals surface area contributed by atoms with Crippen LogP contribution in [-0.2, 0) is 4.79 Å². The van der Waals surface area contributed by atoms with Gasteiger partial charge in [0.05, 0.1) is 12.6 Å². The summed E-state index contributed by atoms with van der Waals surface area (Å²) in [6.45, 7) is 12.1. The van der Waals surface area contributed by atoms with Crippen molar-refractivity contribution in [2.24, 2.45) is 4.99 Å². The molecule has 2 aromatic rings. The maximum atomic E-state index is 11.1. The molecule has 1 atom stereocenters. The Labute approximate surface area is 220 Å². The number of nitrogens with zero attached hydrogens (tertiary/aromatic N) is 3. The molecule has 0 saturated carbocycles. The summed E-state index contributed by atoms with van der Waals surface area (Å²) in [5, 5.41) is 11.1. The van der Waals surface area contributed by atoms with Gasteiger partial charge < -0.3 is 25.3 Å². The predicted octanol–water partition coefficient (Wildman–Crippen LogP) is 4.46. The first-order chi connectivity index (χ1) is 17.5. The van der Waals surface area contributed by atoms with Crippen LogP contribution in [0.2, 0.25) is 0 Å². The van der Waals surface area contributed by atoms with E-state index in [4.69, 9.17) is 0 Å². The highest BCUT2D eigenvalue weighted by molar-refractivity contribution is 7.97. The monoisotopic (exact) mass is 510 g/mol. The molecule has 8 heteroatoms. The fourth-order valence-electron chi connectivity index (χ4n) is 4.34. The number of aryl methyl sites for hydroxylation is 1. The van der Waals surface area contributed by atoms with Crippen LogP contribution >= 0.6 is 11.9 Å². The summed E-state index contributed by atoms with van der Waals surface area (Å²) in [4.78, 5) is 16.6. The van der Waals surface area contributed by atoms with Gasteiger partial charge in [-0.05, 0) is 81.0 Å². The lowest BCUT2D eigenvalue weighted by Crippen LogP contribution is -2.32. The fraction of sp³-hybridized carbons (Fsp3) is 0.500. The van der Waals surface area contributed by atoms with Crippen LogP contribution in [0.1, 0.15) is 44.7 Å². The SMILES string of the molecule is CN/C1=C(C)/C=C\C=NCCNCCN1.Cc1cn(C(C)C=O)c2ccc(SN3CCCCC3)cc12. The van der Waals surface area contributed by atoms with E-state index in [0.29, 0.717) is 0 Å². The number of aliphatic imine (C=N–C) groups is 1. The summed E-state index contributed by atoms with van der Waals surface area (Å²) in [6, 6.07) is 6.48. The van der Waals surface area contributed by atoms with Crippen LogP contribution in [0.3, 0.4) is 0 Å². The van der Waals surface area contributed by atoms with Crippen molar-refractivity contribution in [3.8, 4) is 0 Å². The highest BCUT2D eigenvalue weighted by Gasteiger charge is 2.14. The van der Waals surface area contributed by atoms with E-state index in [1.165, 1.54) is 53.8 Å². The summed E-state index contributed by atoms with van der Waals surface area (Å²) < 4.78 is 4.53. The molecular formula is C28H42N6OS. The van der Waals surface area contributed by atoms with Gasteiger partial charge in [0.25, 0.3) is 0 Å². The molecule has 0 radical (unpaired) electrons. The smallest absolute Gasteiger partial charge is 0.142 e. The molecule has 196 valence electrons. The van der Waals surface area contributed by atoms with Crippen molar-refractivity contribution in [3.05, 3.63) is 53.5 Å². The van der Waals surface area contributed by atoms with Crippen LogP contribution in [0.5, 0.6) is 0 Å². The number of nitrogens with one attached hydrogen (secondary N) is 3. The lowest BCUT2D eigenvalue weighted by atomic mass is 10.2. The average molecular weight is 511 g/mol. The summed E-state index contributed by atoms with van der Waals surface area (Å²) in [6.07, 6.45) is 12.9. The van der Waals surface area contributed by atoms with Crippen LogP contribution in [0.25, 0.3) is 10.9 Å². The molecule has 0 aliphatic carbocycles. The van der Waals surface area contributed by atoms with Gasteiger partial charge in [0.15, 0.2) is 0 Å². The Balaban J connectivity index is 0.000000214. The number of hydrogen-bond acceptors (Lipinski definition) is 7. The third-order valence-electron chi connectivity index (χ3n) is 6.39. The van der Waals surface area contributed by atoms with Gasteiger partial charge in [0.1, 0.15) is 12.1 Å². The van der Waals surface area contributed by atoms with E-state index in [2.05, 4.69) is 74.1 Å². The fourth-order valence-corrected chi connectivity index (χ4v) is 5.38. The Bertz CT molecular complexity index is 1070. The minimum Gasteiger partial charge on any atom is -0.375 e. The van der Waals surface area contributed by atoms with Crippen LogP contribution < -0.4 is 16.0 Å². The van der Waals surface area contributed by atoms with Crippen molar-refractivity contribution in [2.75, 3.05) is 46.3 Å². The highest BCUT2D eigenvalue weighted by Crippen LogP contribution is 2.31. The molecule has 1 aromatic carbocycles. The van der Waals surface area contributed by atoms with E-state index in [9.17, 15) is 4.79 Å². The minimum atomic E-state index is -0.109. The quantitative estimate of drug-likeness (QED) is 0.407. The van der Waals surface area contributed by atoms with Crippen LogP contribution in [0.4, 0.5) is 0 Å². The van der Waals surface area contributed by atoms with Crippen LogP contribution in [0.15, 0.2) is 57.8 Å². The molecule has 1 fully saturated rings. The Hall–Kier alpha value is -2.55. The Morgan fingerprint density at radius 3 is 2.69 bits per heavy atom. The molecule has 0 amide bonds. The number of aldehydes is 1. The van der Waals surface area contributed by atoms with E-state index in [1.54, 1.807) is 0 Å².